The van der Waals surface area contributed by atoms with Crippen LogP contribution in [0.2, 0.25) is 0 Å². The number of carbonyl (C=O) groups excluding carboxylic acids is 1. The molecule has 1 saturated heterocycles. The number of nitrogens with zero attached hydrogens (tertiary/aromatic N) is 1. The number of hydrogen-bond acceptors (Lipinski definition) is 4. The fourth-order valence-corrected chi connectivity index (χ4v) is 1.66. The number of amides is 2. The molecule has 1 aliphatic heterocycles. The third-order valence-electron chi connectivity index (χ3n) is 2.86. The summed E-state index contributed by atoms with van der Waals surface area (Å²) >= 11 is 0. The molecule has 1 aliphatic rings. The minimum absolute atomic E-state index is 0.0507. The van der Waals surface area contributed by atoms with Crippen molar-refractivity contribution in [3.05, 3.63) is 0 Å². The topological polar surface area (TPSA) is 73.8 Å². The van der Waals surface area contributed by atoms with Gasteiger partial charge in [0.05, 0.1) is 19.3 Å². The second-order valence-electron chi connectivity index (χ2n) is 5.37. The molecule has 0 bridgehead atoms. The molecule has 6 nitrogen and oxygen atoms in total. The first-order valence-electron chi connectivity index (χ1n) is 6.44. The molecule has 1 atom stereocenters. The van der Waals surface area contributed by atoms with Gasteiger partial charge in [-0.15, -0.1) is 0 Å². The lowest BCUT2D eigenvalue weighted by molar-refractivity contribution is 0.0528. The maximum absolute atomic E-state index is 11.9. The number of ether oxygens (including phenoxy) is 1. The van der Waals surface area contributed by atoms with Crippen LogP contribution in [-0.4, -0.2) is 67.1 Å². The van der Waals surface area contributed by atoms with E-state index in [0.717, 1.165) is 0 Å². The zero-order valence-corrected chi connectivity index (χ0v) is 11.5. The van der Waals surface area contributed by atoms with Gasteiger partial charge in [-0.2, -0.15) is 0 Å². The van der Waals surface area contributed by atoms with Crippen molar-refractivity contribution in [2.24, 2.45) is 0 Å². The van der Waals surface area contributed by atoms with Crippen LogP contribution in [0.3, 0.4) is 0 Å². The van der Waals surface area contributed by atoms with Gasteiger partial charge in [-0.25, -0.2) is 4.79 Å². The first-order valence-corrected chi connectivity index (χ1v) is 6.44. The van der Waals surface area contributed by atoms with E-state index in [9.17, 15) is 9.90 Å². The van der Waals surface area contributed by atoms with Gasteiger partial charge < -0.3 is 25.4 Å². The first kappa shape index (κ1) is 15.2. The molecule has 0 aromatic rings. The average molecular weight is 259 g/mol. The summed E-state index contributed by atoms with van der Waals surface area (Å²) in [6.07, 6.45) is -0.390. The average Bonchev–Trinajstić information content (AvgIpc) is 2.35. The van der Waals surface area contributed by atoms with Gasteiger partial charge in [-0.3, -0.25) is 0 Å². The normalized spacial score (nSPS) is 18.6. The molecule has 0 saturated carbocycles. The number of rotatable bonds is 5. The van der Waals surface area contributed by atoms with Gasteiger partial charge >= 0.3 is 6.03 Å². The Kier molecular flexibility index (Phi) is 5.84. The Morgan fingerprint density at radius 3 is 2.61 bits per heavy atom. The summed E-state index contributed by atoms with van der Waals surface area (Å²) in [5.41, 5.74) is -0.237. The van der Waals surface area contributed by atoms with E-state index in [1.807, 2.05) is 13.8 Å². The Balaban J connectivity index is 2.27. The number of nitrogens with one attached hydrogen (secondary N) is 2. The van der Waals surface area contributed by atoms with Crippen LogP contribution in [0.25, 0.3) is 0 Å². The zero-order valence-electron chi connectivity index (χ0n) is 11.5. The fraction of sp³-hybridized carbons (Fsp3) is 0.917. The number of urea groups is 1. The van der Waals surface area contributed by atoms with E-state index >= 15 is 0 Å². The first-order chi connectivity index (χ1) is 8.41. The molecule has 0 spiro atoms. The zero-order chi connectivity index (χ0) is 13.6. The van der Waals surface area contributed by atoms with Gasteiger partial charge in [0.2, 0.25) is 0 Å². The molecule has 1 rings (SSSR count). The van der Waals surface area contributed by atoms with Crippen LogP contribution in [0, 0.1) is 0 Å². The number of carbonyl (C=O) groups is 1. The summed E-state index contributed by atoms with van der Waals surface area (Å²) in [5, 5.41) is 15.3. The van der Waals surface area contributed by atoms with E-state index in [0.29, 0.717) is 39.4 Å². The number of hydrogen-bond donors (Lipinski definition) is 3. The Labute approximate surface area is 109 Å². The van der Waals surface area contributed by atoms with Crippen molar-refractivity contribution in [3.8, 4) is 0 Å². The molecule has 6 heteroatoms. The molecule has 0 radical (unpaired) electrons. The molecule has 106 valence electrons. The number of aliphatic hydroxyl groups excluding tert-OH is 1. The Morgan fingerprint density at radius 1 is 1.44 bits per heavy atom. The third-order valence-corrected chi connectivity index (χ3v) is 2.86. The fourth-order valence-electron chi connectivity index (χ4n) is 1.66. The Morgan fingerprint density at radius 2 is 2.06 bits per heavy atom. The maximum atomic E-state index is 11.9. The van der Waals surface area contributed by atoms with Crippen LogP contribution in [-0.2, 0) is 4.74 Å². The van der Waals surface area contributed by atoms with Gasteiger partial charge in [0.25, 0.3) is 0 Å². The van der Waals surface area contributed by atoms with Crippen molar-refractivity contribution in [2.75, 3.05) is 39.4 Å². The molecule has 18 heavy (non-hydrogen) atoms. The Bertz CT molecular complexity index is 263. The van der Waals surface area contributed by atoms with Crippen LogP contribution in [0.4, 0.5) is 4.79 Å². The second kappa shape index (κ2) is 6.92. The molecule has 2 amide bonds. The SMILES string of the molecule is CC(O)CNC(C)(C)CNC(=O)N1CCOCC1. The van der Waals surface area contributed by atoms with E-state index in [4.69, 9.17) is 4.74 Å². The van der Waals surface area contributed by atoms with Crippen LogP contribution < -0.4 is 10.6 Å². The van der Waals surface area contributed by atoms with Gasteiger partial charge in [0.15, 0.2) is 0 Å². The molecule has 0 aromatic heterocycles. The van der Waals surface area contributed by atoms with Gasteiger partial charge in [-0.05, 0) is 20.8 Å². The molecule has 1 unspecified atom stereocenters. The van der Waals surface area contributed by atoms with Gasteiger partial charge in [0.1, 0.15) is 0 Å². The lowest BCUT2D eigenvalue weighted by Crippen LogP contribution is -2.54. The van der Waals surface area contributed by atoms with Crippen molar-refractivity contribution in [3.63, 3.8) is 0 Å². The van der Waals surface area contributed by atoms with Gasteiger partial charge in [-0.1, -0.05) is 0 Å². The molecular formula is C12H25N3O3. The highest BCUT2D eigenvalue weighted by Gasteiger charge is 2.21. The van der Waals surface area contributed by atoms with E-state index in [2.05, 4.69) is 10.6 Å². The smallest absolute Gasteiger partial charge is 0.317 e. The van der Waals surface area contributed by atoms with Crippen LogP contribution in [0.1, 0.15) is 20.8 Å². The monoisotopic (exact) mass is 259 g/mol. The molecule has 3 N–H and O–H groups in total. The van der Waals surface area contributed by atoms with Crippen molar-refractivity contribution in [1.29, 1.82) is 0 Å². The quantitative estimate of drug-likeness (QED) is 0.638. The number of aliphatic hydroxyl groups is 1. The molecular weight excluding hydrogens is 234 g/mol. The highest BCUT2D eigenvalue weighted by molar-refractivity contribution is 5.74. The number of morpholine rings is 1. The minimum atomic E-state index is -0.390. The van der Waals surface area contributed by atoms with Crippen LogP contribution in [0.15, 0.2) is 0 Å². The highest BCUT2D eigenvalue weighted by Crippen LogP contribution is 2.02. The lowest BCUT2D eigenvalue weighted by atomic mass is 10.1. The molecule has 1 fully saturated rings. The van der Waals surface area contributed by atoms with Crippen molar-refractivity contribution < 1.29 is 14.6 Å². The summed E-state index contributed by atoms with van der Waals surface area (Å²) in [5.74, 6) is 0. The number of β-amino-alcohol motifs (C(OH)–C–C–N with tert-alkyl or cyclic N) is 1. The summed E-state index contributed by atoms with van der Waals surface area (Å²) in [4.78, 5) is 13.6. The summed E-state index contributed by atoms with van der Waals surface area (Å²) in [6, 6.07) is -0.0507. The molecule has 0 aliphatic carbocycles. The predicted molar refractivity (Wildman–Crippen MR) is 69.6 cm³/mol. The largest absolute Gasteiger partial charge is 0.392 e. The summed E-state index contributed by atoms with van der Waals surface area (Å²) in [7, 11) is 0. The van der Waals surface area contributed by atoms with Gasteiger partial charge in [0, 0.05) is 31.7 Å². The van der Waals surface area contributed by atoms with Crippen molar-refractivity contribution in [1.82, 2.24) is 15.5 Å². The predicted octanol–water partition coefficient (Wildman–Crippen LogP) is -0.223. The van der Waals surface area contributed by atoms with Crippen molar-refractivity contribution in [2.45, 2.75) is 32.4 Å². The third kappa shape index (κ3) is 5.66. The molecule has 0 aromatic carbocycles. The van der Waals surface area contributed by atoms with E-state index in [-0.39, 0.29) is 17.7 Å². The van der Waals surface area contributed by atoms with Crippen LogP contribution in [0.5, 0.6) is 0 Å². The lowest BCUT2D eigenvalue weighted by Gasteiger charge is -2.31. The highest BCUT2D eigenvalue weighted by atomic mass is 16.5. The second-order valence-corrected chi connectivity index (χ2v) is 5.37. The minimum Gasteiger partial charge on any atom is -0.392 e. The standard InChI is InChI=1S/C12H25N3O3/c1-10(16)8-14-12(2,3)9-13-11(17)15-4-6-18-7-5-15/h10,14,16H,4-9H2,1-3H3,(H,13,17). The van der Waals surface area contributed by atoms with E-state index in [1.165, 1.54) is 0 Å². The summed E-state index contributed by atoms with van der Waals surface area (Å²) in [6.45, 7) is 9.27. The van der Waals surface area contributed by atoms with Crippen molar-refractivity contribution >= 4 is 6.03 Å². The van der Waals surface area contributed by atoms with E-state index < -0.39 is 0 Å². The van der Waals surface area contributed by atoms with E-state index in [1.54, 1.807) is 11.8 Å². The summed E-state index contributed by atoms with van der Waals surface area (Å²) < 4.78 is 5.20. The van der Waals surface area contributed by atoms with Crippen LogP contribution >= 0.6 is 0 Å². The maximum Gasteiger partial charge on any atom is 0.317 e. The Hall–Kier alpha value is -0.850. The molecule has 1 heterocycles.